The molecular weight excluding hydrogens is 461 g/mol. The SMILES string of the molecule is COCCCN1C(=O)[C@@H](CC(C)C)NC12CCN(S(=O)(=O)c1cccc(Cl)c1Cl)CC2. The van der Waals surface area contributed by atoms with E-state index >= 15 is 0 Å². The zero-order chi connectivity index (χ0) is 22.8. The van der Waals surface area contributed by atoms with E-state index in [1.165, 1.54) is 10.4 Å². The minimum atomic E-state index is -3.78. The van der Waals surface area contributed by atoms with Gasteiger partial charge in [0, 0.05) is 33.4 Å². The first-order valence-electron chi connectivity index (χ1n) is 10.6. The van der Waals surface area contributed by atoms with Crippen molar-refractivity contribution in [3.05, 3.63) is 28.2 Å². The van der Waals surface area contributed by atoms with E-state index in [2.05, 4.69) is 19.2 Å². The Morgan fingerprint density at radius 2 is 1.94 bits per heavy atom. The molecule has 0 aliphatic carbocycles. The highest BCUT2D eigenvalue weighted by atomic mass is 35.5. The van der Waals surface area contributed by atoms with Crippen molar-refractivity contribution in [3.8, 4) is 0 Å². The lowest BCUT2D eigenvalue weighted by atomic mass is 9.97. The predicted molar refractivity (Wildman–Crippen MR) is 122 cm³/mol. The molecule has 10 heteroatoms. The summed E-state index contributed by atoms with van der Waals surface area (Å²) in [7, 11) is -2.14. The second kappa shape index (κ2) is 9.93. The molecule has 2 aliphatic heterocycles. The van der Waals surface area contributed by atoms with Crippen LogP contribution in [0.15, 0.2) is 23.1 Å². The van der Waals surface area contributed by atoms with Gasteiger partial charge in [0.15, 0.2) is 0 Å². The summed E-state index contributed by atoms with van der Waals surface area (Å²) in [6, 6.07) is 4.38. The molecule has 2 aliphatic rings. The Balaban J connectivity index is 1.79. The number of carbonyl (C=O) groups excluding carboxylic acids is 1. The van der Waals surface area contributed by atoms with Crippen LogP contribution in [0.5, 0.6) is 0 Å². The largest absolute Gasteiger partial charge is 0.385 e. The minimum Gasteiger partial charge on any atom is -0.385 e. The summed E-state index contributed by atoms with van der Waals surface area (Å²) in [5.41, 5.74) is -0.533. The van der Waals surface area contributed by atoms with Gasteiger partial charge in [-0.3, -0.25) is 10.1 Å². The number of halogens is 2. The van der Waals surface area contributed by atoms with Gasteiger partial charge in [0.1, 0.15) is 4.90 Å². The lowest BCUT2D eigenvalue weighted by Gasteiger charge is -2.44. The normalized spacial score (nSPS) is 22.1. The molecule has 0 radical (unpaired) electrons. The van der Waals surface area contributed by atoms with E-state index in [1.54, 1.807) is 19.2 Å². The number of benzene rings is 1. The first kappa shape index (κ1) is 24.7. The maximum atomic E-state index is 13.2. The maximum absolute atomic E-state index is 13.2. The number of piperidine rings is 1. The van der Waals surface area contributed by atoms with Crippen molar-refractivity contribution in [2.45, 2.75) is 56.1 Å². The Hall–Kier alpha value is -0.900. The smallest absolute Gasteiger partial charge is 0.244 e. The second-order valence-corrected chi connectivity index (χ2v) is 11.3. The zero-order valence-electron chi connectivity index (χ0n) is 18.2. The molecule has 2 heterocycles. The molecule has 3 rings (SSSR count). The molecule has 1 N–H and O–H groups in total. The third kappa shape index (κ3) is 5.04. The summed E-state index contributed by atoms with van der Waals surface area (Å²) >= 11 is 12.2. The molecule has 31 heavy (non-hydrogen) atoms. The highest BCUT2D eigenvalue weighted by molar-refractivity contribution is 7.89. The fourth-order valence-corrected chi connectivity index (χ4v) is 6.70. The standard InChI is InChI=1S/C21H31Cl2N3O4S/c1-15(2)14-17-20(27)26(10-5-13-30-3)21(24-17)8-11-25(12-9-21)31(28,29)18-7-4-6-16(22)19(18)23/h4,6-7,15,17,24H,5,8-14H2,1-3H3/t17-/m1/s1. The van der Waals surface area contributed by atoms with Crippen LogP contribution in [0.1, 0.15) is 39.5 Å². The molecule has 0 bridgehead atoms. The van der Waals surface area contributed by atoms with Crippen LogP contribution < -0.4 is 5.32 Å². The Bertz CT molecular complexity index is 902. The lowest BCUT2D eigenvalue weighted by Crippen LogP contribution is -2.59. The lowest BCUT2D eigenvalue weighted by molar-refractivity contribution is -0.133. The Kier molecular flexibility index (Phi) is 7.92. The number of nitrogens with one attached hydrogen (secondary N) is 1. The van der Waals surface area contributed by atoms with Gasteiger partial charge in [-0.05, 0) is 43.7 Å². The molecule has 1 aromatic rings. The van der Waals surface area contributed by atoms with Crippen LogP contribution in [0.25, 0.3) is 0 Å². The van der Waals surface area contributed by atoms with E-state index in [9.17, 15) is 13.2 Å². The number of nitrogens with zero attached hydrogens (tertiary/aromatic N) is 2. The van der Waals surface area contributed by atoms with Crippen molar-refractivity contribution in [1.29, 1.82) is 0 Å². The van der Waals surface area contributed by atoms with E-state index in [0.717, 1.165) is 12.8 Å². The molecule has 1 spiro atoms. The molecule has 174 valence electrons. The number of hydrogen-bond acceptors (Lipinski definition) is 5. The maximum Gasteiger partial charge on any atom is 0.244 e. The number of hydrogen-bond donors (Lipinski definition) is 1. The molecule has 1 aromatic carbocycles. The molecular formula is C21H31Cl2N3O4S. The van der Waals surface area contributed by atoms with Gasteiger partial charge in [0.25, 0.3) is 0 Å². The third-order valence-electron chi connectivity index (χ3n) is 6.04. The van der Waals surface area contributed by atoms with Crippen LogP contribution in [0.2, 0.25) is 10.0 Å². The summed E-state index contributed by atoms with van der Waals surface area (Å²) < 4.78 is 33.0. The van der Waals surface area contributed by atoms with Crippen molar-refractivity contribution < 1.29 is 17.9 Å². The Morgan fingerprint density at radius 3 is 2.55 bits per heavy atom. The fraction of sp³-hybridized carbons (Fsp3) is 0.667. The van der Waals surface area contributed by atoms with Crippen LogP contribution in [-0.2, 0) is 19.6 Å². The van der Waals surface area contributed by atoms with Crippen molar-refractivity contribution in [2.24, 2.45) is 5.92 Å². The van der Waals surface area contributed by atoms with E-state index in [-0.39, 0.29) is 26.9 Å². The second-order valence-electron chi connectivity index (χ2n) is 8.65. The number of amides is 1. The minimum absolute atomic E-state index is 0.0164. The van der Waals surface area contributed by atoms with E-state index in [1.807, 2.05) is 4.90 Å². The predicted octanol–water partition coefficient (Wildman–Crippen LogP) is 3.36. The fourth-order valence-electron chi connectivity index (χ4n) is 4.52. The summed E-state index contributed by atoms with van der Waals surface area (Å²) in [5, 5.41) is 3.81. The first-order chi connectivity index (χ1) is 14.6. The van der Waals surface area contributed by atoms with E-state index in [4.69, 9.17) is 27.9 Å². The molecule has 1 atom stereocenters. The van der Waals surface area contributed by atoms with Crippen LogP contribution in [0, 0.1) is 5.92 Å². The highest BCUT2D eigenvalue weighted by Gasteiger charge is 2.52. The van der Waals surface area contributed by atoms with Crippen molar-refractivity contribution in [2.75, 3.05) is 33.4 Å². The monoisotopic (exact) mass is 491 g/mol. The topological polar surface area (TPSA) is 79.0 Å². The van der Waals surface area contributed by atoms with Gasteiger partial charge in [0.2, 0.25) is 15.9 Å². The molecule has 2 fully saturated rings. The van der Waals surface area contributed by atoms with Gasteiger partial charge in [-0.25, -0.2) is 8.42 Å². The molecule has 0 saturated carbocycles. The van der Waals surface area contributed by atoms with E-state index in [0.29, 0.717) is 45.0 Å². The molecule has 1 amide bonds. The summed E-state index contributed by atoms with van der Waals surface area (Å²) in [6.07, 6.45) is 2.51. The number of methoxy groups -OCH3 is 1. The Labute approximate surface area is 195 Å². The van der Waals surface area contributed by atoms with Crippen LogP contribution in [0.3, 0.4) is 0 Å². The van der Waals surface area contributed by atoms with E-state index < -0.39 is 15.7 Å². The van der Waals surface area contributed by atoms with Gasteiger partial charge < -0.3 is 9.64 Å². The van der Waals surface area contributed by atoms with Crippen molar-refractivity contribution in [3.63, 3.8) is 0 Å². The average molecular weight is 492 g/mol. The first-order valence-corrected chi connectivity index (χ1v) is 12.8. The highest BCUT2D eigenvalue weighted by Crippen LogP contribution is 2.37. The molecule has 7 nitrogen and oxygen atoms in total. The van der Waals surface area contributed by atoms with Gasteiger partial charge in [0.05, 0.1) is 21.7 Å². The summed E-state index contributed by atoms with van der Waals surface area (Å²) in [5.74, 6) is 0.474. The third-order valence-corrected chi connectivity index (χ3v) is 8.92. The van der Waals surface area contributed by atoms with Crippen LogP contribution in [-0.4, -0.2) is 68.6 Å². The summed E-state index contributed by atoms with van der Waals surface area (Å²) in [4.78, 5) is 15.1. The average Bonchev–Trinajstić information content (AvgIpc) is 2.95. The van der Waals surface area contributed by atoms with Crippen LogP contribution >= 0.6 is 23.2 Å². The molecule has 0 unspecified atom stereocenters. The van der Waals surface area contributed by atoms with Crippen molar-refractivity contribution >= 4 is 39.1 Å². The number of ether oxygens (including phenoxy) is 1. The van der Waals surface area contributed by atoms with Gasteiger partial charge in [-0.2, -0.15) is 4.31 Å². The number of sulfonamides is 1. The molecule has 2 saturated heterocycles. The Morgan fingerprint density at radius 1 is 1.26 bits per heavy atom. The van der Waals surface area contributed by atoms with Gasteiger partial charge >= 0.3 is 0 Å². The zero-order valence-corrected chi connectivity index (χ0v) is 20.6. The number of carbonyl (C=O) groups is 1. The quantitative estimate of drug-likeness (QED) is 0.564. The van der Waals surface area contributed by atoms with Gasteiger partial charge in [-0.15, -0.1) is 0 Å². The van der Waals surface area contributed by atoms with Crippen molar-refractivity contribution in [1.82, 2.24) is 14.5 Å². The summed E-state index contributed by atoms with van der Waals surface area (Å²) in [6.45, 7) is 5.93. The number of rotatable bonds is 8. The van der Waals surface area contributed by atoms with Gasteiger partial charge in [-0.1, -0.05) is 43.1 Å². The molecule has 0 aromatic heterocycles. The van der Waals surface area contributed by atoms with Crippen LogP contribution in [0.4, 0.5) is 0 Å².